The normalized spacial score (nSPS) is 30.7. The lowest BCUT2D eigenvalue weighted by molar-refractivity contribution is -0.769. The maximum atomic E-state index is 11.4. The molecule has 2 saturated heterocycles. The van der Waals surface area contributed by atoms with E-state index in [0.29, 0.717) is 0 Å². The summed E-state index contributed by atoms with van der Waals surface area (Å²) in [5, 5.41) is 17.7. The molecular formula is C10H13NO10. The first-order chi connectivity index (χ1) is 9.97. The van der Waals surface area contributed by atoms with E-state index < -0.39 is 54.7 Å². The van der Waals surface area contributed by atoms with Gasteiger partial charge < -0.3 is 28.9 Å². The van der Waals surface area contributed by atoms with E-state index in [1.807, 2.05) is 0 Å². The van der Waals surface area contributed by atoms with Gasteiger partial charge in [0, 0.05) is 0 Å². The smallest absolute Gasteiger partial charge is 0.332 e. The molecular weight excluding hydrogens is 294 g/mol. The summed E-state index contributed by atoms with van der Waals surface area (Å²) < 4.78 is 20.2. The highest BCUT2D eigenvalue weighted by Gasteiger charge is 2.51. The molecule has 0 spiro atoms. The Bertz CT molecular complexity index is 426. The van der Waals surface area contributed by atoms with Gasteiger partial charge in [-0.05, 0) is 0 Å². The molecule has 11 heteroatoms. The van der Waals surface area contributed by atoms with Crippen molar-refractivity contribution in [3.8, 4) is 0 Å². The number of carbonyl (C=O) groups excluding carboxylic acids is 1. The quantitative estimate of drug-likeness (QED) is 0.331. The molecule has 0 amide bonds. The highest BCUT2D eigenvalue weighted by atomic mass is 17.0. The zero-order valence-electron chi connectivity index (χ0n) is 10.7. The van der Waals surface area contributed by atoms with Gasteiger partial charge in [0.05, 0.1) is 13.2 Å². The minimum Gasteiger partial charge on any atom is -0.480 e. The van der Waals surface area contributed by atoms with Gasteiger partial charge in [0.1, 0.15) is 25.4 Å². The predicted octanol–water partition coefficient (Wildman–Crippen LogP) is -1.63. The Labute approximate surface area is 117 Å². The number of aliphatic carboxylic acids is 1. The number of hydrogen-bond acceptors (Lipinski definition) is 9. The summed E-state index contributed by atoms with van der Waals surface area (Å²) in [5.74, 6) is -1.97. The van der Waals surface area contributed by atoms with E-state index in [0.717, 1.165) is 0 Å². The molecule has 1 N–H and O–H groups in total. The maximum Gasteiger partial charge on any atom is 0.332 e. The SMILES string of the molecule is O=C(O)COCC(=O)O[C@H]1CO[C@H]2[C@H]1OC[C@H]2O[N+](=O)[O-]. The number of carboxylic acid groups (broad SMARTS) is 1. The molecule has 2 aliphatic rings. The standard InChI is InChI=1S/C10H13NO10/c12-7(13)3-17-4-8(14)20-5-1-18-10-6(21-11(15)16)2-19-9(5)10/h5-6,9-10H,1-4H2,(H,12,13)/t5-,6+,9-,10+/m0/s1. The molecule has 0 aliphatic carbocycles. The molecule has 0 saturated carbocycles. The van der Waals surface area contributed by atoms with E-state index in [9.17, 15) is 19.7 Å². The Morgan fingerprint density at radius 2 is 1.81 bits per heavy atom. The first-order valence-electron chi connectivity index (χ1n) is 6.00. The van der Waals surface area contributed by atoms with Crippen LogP contribution in [0.4, 0.5) is 0 Å². The van der Waals surface area contributed by atoms with Crippen molar-refractivity contribution in [2.24, 2.45) is 0 Å². The maximum absolute atomic E-state index is 11.4. The molecule has 0 bridgehead atoms. The van der Waals surface area contributed by atoms with Crippen LogP contribution in [0.5, 0.6) is 0 Å². The van der Waals surface area contributed by atoms with E-state index in [2.05, 4.69) is 9.57 Å². The summed E-state index contributed by atoms with van der Waals surface area (Å²) in [6, 6.07) is 0. The molecule has 11 nitrogen and oxygen atoms in total. The fourth-order valence-electron chi connectivity index (χ4n) is 2.16. The van der Waals surface area contributed by atoms with E-state index in [1.54, 1.807) is 0 Å². The van der Waals surface area contributed by atoms with Gasteiger partial charge in [0.2, 0.25) is 0 Å². The van der Waals surface area contributed by atoms with Crippen LogP contribution in [0.25, 0.3) is 0 Å². The van der Waals surface area contributed by atoms with Gasteiger partial charge in [0.15, 0.2) is 12.2 Å². The molecule has 118 valence electrons. The van der Waals surface area contributed by atoms with E-state index in [4.69, 9.17) is 19.3 Å². The van der Waals surface area contributed by atoms with Gasteiger partial charge in [-0.1, -0.05) is 0 Å². The molecule has 0 unspecified atom stereocenters. The van der Waals surface area contributed by atoms with Crippen LogP contribution in [-0.2, 0) is 33.4 Å². The summed E-state index contributed by atoms with van der Waals surface area (Å²) in [6.45, 7) is -1.16. The number of carbonyl (C=O) groups is 2. The van der Waals surface area contributed by atoms with Gasteiger partial charge in [0.25, 0.3) is 5.09 Å². The number of ether oxygens (including phenoxy) is 4. The van der Waals surface area contributed by atoms with Crippen LogP contribution in [0.2, 0.25) is 0 Å². The third-order valence-electron chi connectivity index (χ3n) is 2.91. The molecule has 21 heavy (non-hydrogen) atoms. The van der Waals surface area contributed by atoms with Crippen molar-refractivity contribution in [2.75, 3.05) is 26.4 Å². The molecule has 4 atom stereocenters. The van der Waals surface area contributed by atoms with Crippen molar-refractivity contribution in [3.05, 3.63) is 10.1 Å². The fraction of sp³-hybridized carbons (Fsp3) is 0.800. The average Bonchev–Trinajstić information content (AvgIpc) is 2.93. The Kier molecular flexibility index (Phi) is 4.88. The minimum absolute atomic E-state index is 0.0115. The van der Waals surface area contributed by atoms with Gasteiger partial charge in [-0.25, -0.2) is 9.59 Å². The van der Waals surface area contributed by atoms with Gasteiger partial charge >= 0.3 is 11.9 Å². The Morgan fingerprint density at radius 1 is 1.19 bits per heavy atom. The van der Waals surface area contributed by atoms with Gasteiger partial charge in [-0.15, -0.1) is 10.1 Å². The highest BCUT2D eigenvalue weighted by Crippen LogP contribution is 2.30. The van der Waals surface area contributed by atoms with Crippen LogP contribution < -0.4 is 0 Å². The second-order valence-electron chi connectivity index (χ2n) is 4.38. The summed E-state index contributed by atoms with van der Waals surface area (Å²) >= 11 is 0. The van der Waals surface area contributed by atoms with Crippen LogP contribution in [0.15, 0.2) is 0 Å². The van der Waals surface area contributed by atoms with Crippen LogP contribution in [0, 0.1) is 10.1 Å². The molecule has 2 aliphatic heterocycles. The lowest BCUT2D eigenvalue weighted by Gasteiger charge is -2.16. The van der Waals surface area contributed by atoms with Crippen molar-refractivity contribution in [1.82, 2.24) is 0 Å². The molecule has 2 rings (SSSR count). The van der Waals surface area contributed by atoms with Crippen molar-refractivity contribution in [2.45, 2.75) is 24.4 Å². The lowest BCUT2D eigenvalue weighted by Crippen LogP contribution is -2.36. The van der Waals surface area contributed by atoms with Crippen LogP contribution in [0.3, 0.4) is 0 Å². The van der Waals surface area contributed by atoms with E-state index in [-0.39, 0.29) is 13.2 Å². The number of rotatable bonds is 7. The minimum atomic E-state index is -1.20. The molecule has 0 radical (unpaired) electrons. The zero-order valence-corrected chi connectivity index (χ0v) is 10.7. The topological polar surface area (TPSA) is 144 Å². The lowest BCUT2D eigenvalue weighted by atomic mass is 10.1. The molecule has 2 heterocycles. The molecule has 0 aromatic heterocycles. The second-order valence-corrected chi connectivity index (χ2v) is 4.38. The van der Waals surface area contributed by atoms with E-state index >= 15 is 0 Å². The zero-order chi connectivity index (χ0) is 15.4. The molecule has 2 fully saturated rings. The van der Waals surface area contributed by atoms with Crippen LogP contribution in [0.1, 0.15) is 0 Å². The van der Waals surface area contributed by atoms with E-state index in [1.165, 1.54) is 0 Å². The monoisotopic (exact) mass is 307 g/mol. The van der Waals surface area contributed by atoms with Crippen LogP contribution >= 0.6 is 0 Å². The van der Waals surface area contributed by atoms with Crippen molar-refractivity contribution in [1.29, 1.82) is 0 Å². The Morgan fingerprint density at radius 3 is 2.43 bits per heavy atom. The number of hydrogen-bond donors (Lipinski definition) is 1. The molecule has 0 aromatic rings. The average molecular weight is 307 g/mol. The summed E-state index contributed by atoms with van der Waals surface area (Å²) in [7, 11) is 0. The highest BCUT2D eigenvalue weighted by molar-refractivity contribution is 5.72. The summed E-state index contributed by atoms with van der Waals surface area (Å²) in [5.41, 5.74) is 0. The fourth-order valence-corrected chi connectivity index (χ4v) is 2.16. The first-order valence-corrected chi connectivity index (χ1v) is 6.00. The van der Waals surface area contributed by atoms with Crippen molar-refractivity contribution >= 4 is 11.9 Å². The second kappa shape index (κ2) is 6.65. The third-order valence-corrected chi connectivity index (χ3v) is 2.91. The molecule has 0 aromatic carbocycles. The van der Waals surface area contributed by atoms with Gasteiger partial charge in [-0.3, -0.25) is 0 Å². The Balaban J connectivity index is 1.77. The number of carboxylic acids is 1. The summed E-state index contributed by atoms with van der Waals surface area (Å²) in [4.78, 5) is 36.4. The third kappa shape index (κ3) is 4.00. The summed E-state index contributed by atoms with van der Waals surface area (Å²) in [6.07, 6.45) is -2.94. The number of nitrogens with zero attached hydrogens (tertiary/aromatic N) is 1. The van der Waals surface area contributed by atoms with Crippen molar-refractivity contribution in [3.63, 3.8) is 0 Å². The first kappa shape index (κ1) is 15.4. The number of fused-ring (bicyclic) bond motifs is 1. The number of esters is 1. The Hall–Kier alpha value is -1.98. The van der Waals surface area contributed by atoms with Gasteiger partial charge in [-0.2, -0.15) is 0 Å². The predicted molar refractivity (Wildman–Crippen MR) is 59.7 cm³/mol. The van der Waals surface area contributed by atoms with Crippen molar-refractivity contribution < 1.29 is 43.6 Å². The van der Waals surface area contributed by atoms with Crippen LogP contribution in [-0.4, -0.2) is 73.0 Å². The largest absolute Gasteiger partial charge is 0.480 e.